The molecular formula is C24H27N5OS. The number of anilines is 2. The molecule has 0 radical (unpaired) electrons. The van der Waals surface area contributed by atoms with E-state index in [1.165, 1.54) is 28.0 Å². The lowest BCUT2D eigenvalue weighted by atomic mass is 9.91. The molecule has 1 aliphatic heterocycles. The Bertz CT molecular complexity index is 1120. The minimum atomic E-state index is -0.214. The van der Waals surface area contributed by atoms with Gasteiger partial charge in [0.05, 0.1) is 5.69 Å². The van der Waals surface area contributed by atoms with E-state index < -0.39 is 0 Å². The van der Waals surface area contributed by atoms with E-state index in [2.05, 4.69) is 45.3 Å². The number of aliphatic imine (C=N–C) groups is 1. The highest BCUT2D eigenvalue weighted by molar-refractivity contribution is 7.15. The largest absolute Gasteiger partial charge is 0.397 e. The van der Waals surface area contributed by atoms with Crippen molar-refractivity contribution in [1.29, 1.82) is 0 Å². The number of nitrogens with zero attached hydrogens (tertiary/aromatic N) is 3. The van der Waals surface area contributed by atoms with Crippen molar-refractivity contribution in [2.45, 2.75) is 32.6 Å². The Balaban J connectivity index is 1.33. The second-order valence-corrected chi connectivity index (χ2v) is 9.48. The van der Waals surface area contributed by atoms with E-state index in [0.29, 0.717) is 17.0 Å². The number of hydrogen-bond donors (Lipinski definition) is 2. The Morgan fingerprint density at radius 3 is 2.90 bits per heavy atom. The van der Waals surface area contributed by atoms with Gasteiger partial charge in [0.25, 0.3) is 5.91 Å². The van der Waals surface area contributed by atoms with Gasteiger partial charge in [-0.05, 0) is 37.0 Å². The van der Waals surface area contributed by atoms with Crippen molar-refractivity contribution in [2.75, 3.05) is 36.8 Å². The van der Waals surface area contributed by atoms with Crippen molar-refractivity contribution in [3.8, 4) is 0 Å². The van der Waals surface area contributed by atoms with E-state index in [0.717, 1.165) is 67.4 Å². The zero-order valence-electron chi connectivity index (χ0n) is 17.8. The molecule has 6 nitrogen and oxygen atoms in total. The van der Waals surface area contributed by atoms with E-state index in [4.69, 9.17) is 5.73 Å². The molecule has 0 unspecified atom stereocenters. The Kier molecular flexibility index (Phi) is 5.46. The Morgan fingerprint density at radius 1 is 1.23 bits per heavy atom. The highest BCUT2D eigenvalue weighted by Gasteiger charge is 2.22. The van der Waals surface area contributed by atoms with Crippen LogP contribution in [0.1, 0.15) is 44.6 Å². The number of hydrogen-bond acceptors (Lipinski definition) is 6. The first kappa shape index (κ1) is 20.2. The number of aryl methyl sites for hydroxylation is 1. The van der Waals surface area contributed by atoms with Crippen molar-refractivity contribution in [3.05, 3.63) is 56.4 Å². The van der Waals surface area contributed by atoms with Crippen molar-refractivity contribution in [2.24, 2.45) is 4.99 Å². The van der Waals surface area contributed by atoms with E-state index in [1.807, 2.05) is 12.3 Å². The smallest absolute Gasteiger partial charge is 0.289 e. The molecule has 0 bridgehead atoms. The third kappa shape index (κ3) is 4.07. The molecule has 0 saturated carbocycles. The molecule has 1 saturated heterocycles. The Morgan fingerprint density at radius 2 is 2.06 bits per heavy atom. The van der Waals surface area contributed by atoms with E-state index in [-0.39, 0.29) is 5.91 Å². The van der Waals surface area contributed by atoms with Gasteiger partial charge in [0.15, 0.2) is 0 Å². The van der Waals surface area contributed by atoms with Crippen LogP contribution in [0.4, 0.5) is 11.5 Å². The molecule has 5 rings (SSSR count). The molecule has 2 aromatic heterocycles. The average Bonchev–Trinajstić information content (AvgIpc) is 2.99. The number of pyridine rings is 1. The molecule has 1 amide bonds. The highest BCUT2D eigenvalue weighted by Crippen LogP contribution is 2.35. The molecule has 0 aromatic carbocycles. The molecular weight excluding hydrogens is 406 g/mol. The van der Waals surface area contributed by atoms with Crippen LogP contribution in [-0.2, 0) is 19.3 Å². The number of rotatable bonds is 2. The summed E-state index contributed by atoms with van der Waals surface area (Å²) in [6.45, 7) is 6.05. The van der Waals surface area contributed by atoms with Gasteiger partial charge in [-0.15, -0.1) is 11.3 Å². The monoisotopic (exact) mass is 433 g/mol. The molecule has 2 aliphatic carbocycles. The lowest BCUT2D eigenvalue weighted by Crippen LogP contribution is -2.44. The third-order valence-corrected chi connectivity index (χ3v) is 7.46. The van der Waals surface area contributed by atoms with Crippen LogP contribution in [0, 0.1) is 0 Å². The fourth-order valence-corrected chi connectivity index (χ4v) is 5.44. The van der Waals surface area contributed by atoms with Crippen molar-refractivity contribution < 1.29 is 4.79 Å². The minimum absolute atomic E-state index is 0.214. The molecule has 7 heteroatoms. The Labute approximate surface area is 186 Å². The summed E-state index contributed by atoms with van der Waals surface area (Å²) in [6.07, 6.45) is 11.4. The first-order valence-electron chi connectivity index (χ1n) is 10.9. The third-order valence-electron chi connectivity index (χ3n) is 6.22. The standard InChI is InChI=1S/C24H27N5OS/c1-15-2-6-19-20(7-3-15)31-23(22(19)25)24(30)28-18-5-4-16-13-21(27-14-17(16)12-18)29-10-8-26-9-11-29/h2-3,6,13-14,26H,4-5,7-12,25H2,1H3. The van der Waals surface area contributed by atoms with Gasteiger partial charge in [-0.3, -0.25) is 4.79 Å². The van der Waals surface area contributed by atoms with Crippen LogP contribution in [0.15, 0.2) is 35.0 Å². The zero-order valence-corrected chi connectivity index (χ0v) is 18.6. The van der Waals surface area contributed by atoms with Crippen molar-refractivity contribution in [3.63, 3.8) is 0 Å². The lowest BCUT2D eigenvalue weighted by Gasteiger charge is -2.29. The zero-order chi connectivity index (χ0) is 21.4. The number of nitrogens with one attached hydrogen (secondary N) is 1. The lowest BCUT2D eigenvalue weighted by molar-refractivity contribution is 0.101. The quantitative estimate of drug-likeness (QED) is 0.758. The maximum absolute atomic E-state index is 12.9. The molecule has 2 aromatic rings. The fourth-order valence-electron chi connectivity index (χ4n) is 4.38. The number of thiophene rings is 1. The van der Waals surface area contributed by atoms with Gasteiger partial charge < -0.3 is 16.0 Å². The molecule has 1 fully saturated rings. The minimum Gasteiger partial charge on any atom is -0.397 e. The molecule has 3 aliphatic rings. The molecule has 0 atom stereocenters. The molecule has 160 valence electrons. The number of nitrogens with two attached hydrogens (primary N) is 1. The summed E-state index contributed by atoms with van der Waals surface area (Å²) in [7, 11) is 0. The number of carbonyl (C=O) groups is 1. The average molecular weight is 434 g/mol. The van der Waals surface area contributed by atoms with Gasteiger partial charge in [0.2, 0.25) is 0 Å². The summed E-state index contributed by atoms with van der Waals surface area (Å²) in [5.41, 5.74) is 12.5. The fraction of sp³-hybridized carbons (Fsp3) is 0.375. The van der Waals surface area contributed by atoms with Gasteiger partial charge in [-0.2, -0.15) is 0 Å². The van der Waals surface area contributed by atoms with E-state index >= 15 is 0 Å². The van der Waals surface area contributed by atoms with Crippen LogP contribution in [0.25, 0.3) is 6.08 Å². The summed E-state index contributed by atoms with van der Waals surface area (Å²) in [4.78, 5) is 26.1. The summed E-state index contributed by atoms with van der Waals surface area (Å²) in [5, 5.41) is 3.38. The normalized spacial score (nSPS) is 19.6. The number of allylic oxidation sites excluding steroid dienone is 3. The second kappa shape index (κ2) is 8.40. The van der Waals surface area contributed by atoms with E-state index in [1.54, 1.807) is 0 Å². The SMILES string of the molecule is CC1=CCc2sc(C(=O)N=C3CCc4cc(N5CCNCC5)ncc4C3)c(N)c2C=C1. The summed E-state index contributed by atoms with van der Waals surface area (Å²) >= 11 is 1.48. The van der Waals surface area contributed by atoms with Crippen LogP contribution in [0.5, 0.6) is 0 Å². The molecule has 0 spiro atoms. The summed E-state index contributed by atoms with van der Waals surface area (Å²) in [5.74, 6) is 0.843. The number of piperazine rings is 1. The second-order valence-electron chi connectivity index (χ2n) is 8.38. The van der Waals surface area contributed by atoms with Crippen LogP contribution >= 0.6 is 11.3 Å². The number of amides is 1. The van der Waals surface area contributed by atoms with Crippen LogP contribution in [0.3, 0.4) is 0 Å². The summed E-state index contributed by atoms with van der Waals surface area (Å²) in [6, 6.07) is 2.22. The van der Waals surface area contributed by atoms with Gasteiger partial charge in [-0.1, -0.05) is 23.8 Å². The maximum atomic E-state index is 12.9. The van der Waals surface area contributed by atoms with Crippen molar-refractivity contribution >= 4 is 40.5 Å². The number of carbonyl (C=O) groups excluding carboxylic acids is 1. The van der Waals surface area contributed by atoms with Gasteiger partial charge in [0, 0.05) is 61.4 Å². The molecule has 31 heavy (non-hydrogen) atoms. The van der Waals surface area contributed by atoms with Crippen LogP contribution < -0.4 is 16.0 Å². The highest BCUT2D eigenvalue weighted by atomic mass is 32.1. The predicted octanol–water partition coefficient (Wildman–Crippen LogP) is 3.42. The maximum Gasteiger partial charge on any atom is 0.289 e. The van der Waals surface area contributed by atoms with E-state index in [9.17, 15) is 4.79 Å². The number of fused-ring (bicyclic) bond motifs is 2. The van der Waals surface area contributed by atoms with Crippen LogP contribution in [0.2, 0.25) is 0 Å². The molecule has 3 heterocycles. The topological polar surface area (TPSA) is 83.6 Å². The predicted molar refractivity (Wildman–Crippen MR) is 128 cm³/mol. The summed E-state index contributed by atoms with van der Waals surface area (Å²) < 4.78 is 0. The Hall–Kier alpha value is -2.77. The van der Waals surface area contributed by atoms with Crippen molar-refractivity contribution in [1.82, 2.24) is 10.3 Å². The number of aromatic nitrogens is 1. The van der Waals surface area contributed by atoms with Crippen LogP contribution in [-0.4, -0.2) is 42.8 Å². The van der Waals surface area contributed by atoms with Gasteiger partial charge in [-0.25, -0.2) is 9.98 Å². The van der Waals surface area contributed by atoms with Gasteiger partial charge >= 0.3 is 0 Å². The molecule has 3 N–H and O–H groups in total. The van der Waals surface area contributed by atoms with Gasteiger partial charge in [0.1, 0.15) is 10.7 Å². The number of nitrogen functional groups attached to an aromatic ring is 1. The first-order valence-corrected chi connectivity index (χ1v) is 11.7. The first-order chi connectivity index (χ1) is 15.1.